The zero-order valence-corrected chi connectivity index (χ0v) is 16.9. The summed E-state index contributed by atoms with van der Waals surface area (Å²) in [7, 11) is 1.66. The number of methoxy groups -OCH3 is 1. The molecule has 0 radical (unpaired) electrons. The summed E-state index contributed by atoms with van der Waals surface area (Å²) in [5, 5.41) is 11.8. The quantitative estimate of drug-likeness (QED) is 0.848. The van der Waals surface area contributed by atoms with Crippen molar-refractivity contribution in [2.75, 3.05) is 7.11 Å². The Labute approximate surface area is 156 Å². The predicted octanol–water partition coefficient (Wildman–Crippen LogP) is 4.58. The molecular weight excluding hydrogens is 332 g/mol. The van der Waals surface area contributed by atoms with E-state index >= 15 is 0 Å². The van der Waals surface area contributed by atoms with Crippen LogP contribution in [0.3, 0.4) is 0 Å². The van der Waals surface area contributed by atoms with Crippen LogP contribution in [-0.2, 0) is 15.1 Å². The van der Waals surface area contributed by atoms with Crippen molar-refractivity contribution in [3.8, 4) is 0 Å². The minimum Gasteiger partial charge on any atom is -0.379 e. The van der Waals surface area contributed by atoms with E-state index in [1.165, 1.54) is 12.8 Å². The van der Waals surface area contributed by atoms with Crippen LogP contribution < -0.4 is 0 Å². The molecule has 3 nitrogen and oxygen atoms in total. The second-order valence-electron chi connectivity index (χ2n) is 8.32. The van der Waals surface area contributed by atoms with Gasteiger partial charge in [-0.2, -0.15) is 0 Å². The Hall–Kier alpha value is -0.550. The molecule has 1 heterocycles. The molecule has 6 atom stereocenters. The monoisotopic (exact) mass is 364 g/mol. The summed E-state index contributed by atoms with van der Waals surface area (Å²) in [6.07, 6.45) is 3.42. The van der Waals surface area contributed by atoms with Crippen molar-refractivity contribution in [2.45, 2.75) is 74.9 Å². The van der Waals surface area contributed by atoms with Crippen molar-refractivity contribution >= 4 is 11.8 Å². The van der Waals surface area contributed by atoms with Crippen molar-refractivity contribution in [3.63, 3.8) is 0 Å². The molecule has 0 bridgehead atoms. The molecule has 140 valence electrons. The van der Waals surface area contributed by atoms with Crippen LogP contribution in [0, 0.1) is 11.8 Å². The van der Waals surface area contributed by atoms with Gasteiger partial charge in [0.05, 0.1) is 12.2 Å². The molecule has 1 saturated carbocycles. The Bertz CT molecular complexity index is 576. The SMILES string of the molecule is CO[C@H](C)[C@@](O)(c1ccccc1)[C@@H]1O[C@@H]2C[C@H](C)CC[C@H]2C(C)(C)S1. The van der Waals surface area contributed by atoms with Gasteiger partial charge in [-0.15, -0.1) is 11.8 Å². The van der Waals surface area contributed by atoms with Crippen molar-refractivity contribution in [1.29, 1.82) is 0 Å². The average molecular weight is 365 g/mol. The van der Waals surface area contributed by atoms with Gasteiger partial charge in [0.15, 0.2) is 5.60 Å². The van der Waals surface area contributed by atoms with Gasteiger partial charge in [0.25, 0.3) is 0 Å². The Morgan fingerprint density at radius 1 is 1.28 bits per heavy atom. The van der Waals surface area contributed by atoms with E-state index in [1.807, 2.05) is 37.3 Å². The molecule has 0 amide bonds. The zero-order valence-electron chi connectivity index (χ0n) is 16.1. The number of aliphatic hydroxyl groups is 1. The lowest BCUT2D eigenvalue weighted by Crippen LogP contribution is -2.57. The fraction of sp³-hybridized carbons (Fsp3) is 0.714. The van der Waals surface area contributed by atoms with Gasteiger partial charge >= 0.3 is 0 Å². The Balaban J connectivity index is 1.96. The maximum absolute atomic E-state index is 11.8. The third kappa shape index (κ3) is 3.51. The van der Waals surface area contributed by atoms with Gasteiger partial charge in [-0.1, -0.05) is 57.5 Å². The van der Waals surface area contributed by atoms with Crippen LogP contribution in [0.5, 0.6) is 0 Å². The van der Waals surface area contributed by atoms with E-state index in [-0.39, 0.29) is 22.4 Å². The van der Waals surface area contributed by atoms with Gasteiger partial charge in [-0.05, 0) is 37.2 Å². The summed E-state index contributed by atoms with van der Waals surface area (Å²) >= 11 is 1.77. The summed E-state index contributed by atoms with van der Waals surface area (Å²) in [6.45, 7) is 8.86. The number of rotatable bonds is 4. The highest BCUT2D eigenvalue weighted by atomic mass is 32.2. The molecule has 1 N–H and O–H groups in total. The fourth-order valence-electron chi connectivity index (χ4n) is 4.46. The number of hydrogen-bond donors (Lipinski definition) is 1. The molecule has 0 aromatic heterocycles. The molecule has 1 saturated heterocycles. The van der Waals surface area contributed by atoms with E-state index in [0.29, 0.717) is 11.8 Å². The Morgan fingerprint density at radius 3 is 2.60 bits per heavy atom. The lowest BCUT2D eigenvalue weighted by atomic mass is 9.74. The van der Waals surface area contributed by atoms with E-state index < -0.39 is 5.60 Å². The lowest BCUT2D eigenvalue weighted by molar-refractivity contribution is -0.180. The van der Waals surface area contributed by atoms with Crippen LogP contribution in [0.1, 0.15) is 52.5 Å². The van der Waals surface area contributed by atoms with Gasteiger partial charge in [-0.25, -0.2) is 0 Å². The van der Waals surface area contributed by atoms with Gasteiger partial charge in [-0.3, -0.25) is 0 Å². The van der Waals surface area contributed by atoms with Crippen LogP contribution in [0.4, 0.5) is 0 Å². The number of fused-ring (bicyclic) bond motifs is 1. The van der Waals surface area contributed by atoms with Crippen LogP contribution >= 0.6 is 11.8 Å². The molecule has 0 spiro atoms. The van der Waals surface area contributed by atoms with Crippen molar-refractivity contribution in [2.24, 2.45) is 11.8 Å². The molecule has 2 fully saturated rings. The molecule has 1 aromatic rings. The molecule has 25 heavy (non-hydrogen) atoms. The number of ether oxygens (including phenoxy) is 2. The topological polar surface area (TPSA) is 38.7 Å². The standard InChI is InChI=1S/C21H32O3S/c1-14-11-12-17-18(13-14)24-19(25-20(17,3)4)21(22,15(2)23-5)16-9-7-6-8-10-16/h6-10,14-15,17-19,22H,11-13H2,1-5H3/t14-,15-,17-,18-,19-,21-/m1/s1. The molecule has 4 heteroatoms. The molecule has 1 aliphatic heterocycles. The third-order valence-electron chi connectivity index (χ3n) is 6.22. The maximum atomic E-state index is 11.8. The maximum Gasteiger partial charge on any atom is 0.151 e. The van der Waals surface area contributed by atoms with E-state index in [1.54, 1.807) is 18.9 Å². The Morgan fingerprint density at radius 2 is 1.96 bits per heavy atom. The minimum absolute atomic E-state index is 0.0734. The molecule has 2 aliphatic rings. The fourth-order valence-corrected chi connectivity index (χ4v) is 6.17. The second-order valence-corrected chi connectivity index (χ2v) is 10.0. The molecular formula is C21H32O3S. The van der Waals surface area contributed by atoms with E-state index in [0.717, 1.165) is 12.0 Å². The second kappa shape index (κ2) is 7.22. The highest BCUT2D eigenvalue weighted by molar-refractivity contribution is 8.01. The summed E-state index contributed by atoms with van der Waals surface area (Å²) in [6, 6.07) is 9.85. The largest absolute Gasteiger partial charge is 0.379 e. The first-order valence-corrected chi connectivity index (χ1v) is 10.3. The first kappa shape index (κ1) is 19.2. The summed E-state index contributed by atoms with van der Waals surface area (Å²) in [5.41, 5.74) is -0.657. The smallest absolute Gasteiger partial charge is 0.151 e. The normalized spacial score (nSPS) is 35.4. The predicted molar refractivity (Wildman–Crippen MR) is 104 cm³/mol. The van der Waals surface area contributed by atoms with E-state index in [9.17, 15) is 5.11 Å². The molecule has 1 aromatic carbocycles. The van der Waals surface area contributed by atoms with E-state index in [4.69, 9.17) is 9.47 Å². The van der Waals surface area contributed by atoms with Crippen LogP contribution in [0.2, 0.25) is 0 Å². The number of thioether (sulfide) groups is 1. The first-order valence-electron chi connectivity index (χ1n) is 9.43. The van der Waals surface area contributed by atoms with E-state index in [2.05, 4.69) is 20.8 Å². The van der Waals surface area contributed by atoms with Crippen molar-refractivity contribution in [1.82, 2.24) is 0 Å². The van der Waals surface area contributed by atoms with Crippen molar-refractivity contribution in [3.05, 3.63) is 35.9 Å². The summed E-state index contributed by atoms with van der Waals surface area (Å²) in [5.74, 6) is 1.23. The summed E-state index contributed by atoms with van der Waals surface area (Å²) < 4.78 is 12.3. The lowest BCUT2D eigenvalue weighted by Gasteiger charge is -2.54. The average Bonchev–Trinajstić information content (AvgIpc) is 2.59. The Kier molecular flexibility index (Phi) is 5.55. The zero-order chi connectivity index (χ0) is 18.2. The van der Waals surface area contributed by atoms with Crippen molar-refractivity contribution < 1.29 is 14.6 Å². The number of hydrogen-bond acceptors (Lipinski definition) is 4. The van der Waals surface area contributed by atoms with Gasteiger partial charge < -0.3 is 14.6 Å². The van der Waals surface area contributed by atoms with Crippen LogP contribution in [-0.4, -0.2) is 34.6 Å². The van der Waals surface area contributed by atoms with Gasteiger partial charge in [0.1, 0.15) is 5.44 Å². The van der Waals surface area contributed by atoms with Gasteiger partial charge in [0.2, 0.25) is 0 Å². The summed E-state index contributed by atoms with van der Waals surface area (Å²) in [4.78, 5) is 0. The third-order valence-corrected chi connectivity index (χ3v) is 7.82. The minimum atomic E-state index is -1.18. The molecule has 1 aliphatic carbocycles. The van der Waals surface area contributed by atoms with Crippen LogP contribution in [0.25, 0.3) is 0 Å². The molecule has 3 rings (SSSR count). The first-order chi connectivity index (χ1) is 11.8. The molecule has 0 unspecified atom stereocenters. The highest BCUT2D eigenvalue weighted by Crippen LogP contribution is 2.54. The van der Waals surface area contributed by atoms with Crippen LogP contribution in [0.15, 0.2) is 30.3 Å². The number of benzene rings is 1. The van der Waals surface area contributed by atoms with Gasteiger partial charge in [0, 0.05) is 11.9 Å². The highest BCUT2D eigenvalue weighted by Gasteiger charge is 2.54.